The van der Waals surface area contributed by atoms with Gasteiger partial charge in [0.15, 0.2) is 0 Å². The smallest absolute Gasteiger partial charge is 0.172 e. The third kappa shape index (κ3) is 6.08. The number of fused-ring (bicyclic) bond motifs is 6. The Hall–Kier alpha value is -2.57. The molecule has 0 spiro atoms. The molecule has 0 heterocycles. The van der Waals surface area contributed by atoms with E-state index in [0.29, 0.717) is 5.92 Å². The number of halogens is 2. The summed E-state index contributed by atoms with van der Waals surface area (Å²) in [6.07, 6.45) is 8.50. The van der Waals surface area contributed by atoms with Gasteiger partial charge in [-0.15, -0.1) is 6.92 Å². The fourth-order valence-corrected chi connectivity index (χ4v) is 10.4. The molecule has 50 heavy (non-hydrogen) atoms. The maximum Gasteiger partial charge on any atom is -0.172 e. The van der Waals surface area contributed by atoms with Crippen LogP contribution in [0.3, 0.4) is 0 Å². The second-order valence-corrected chi connectivity index (χ2v) is 18.2. The normalized spacial score (nSPS) is 23.4. The summed E-state index contributed by atoms with van der Waals surface area (Å²) in [4.78, 5) is 0. The molecule has 0 N–H and O–H groups in total. The van der Waals surface area contributed by atoms with Crippen molar-refractivity contribution in [2.45, 2.75) is 74.7 Å². The van der Waals surface area contributed by atoms with E-state index in [0.717, 1.165) is 16.5 Å². The minimum Gasteiger partial charge on any atom is -0.214 e. The molecule has 1 saturated carbocycles. The van der Waals surface area contributed by atoms with E-state index < -0.39 is 0 Å². The van der Waals surface area contributed by atoms with Crippen LogP contribution in [0.15, 0.2) is 132 Å². The molecule has 2 unspecified atom stereocenters. The molecule has 3 heteroatoms. The van der Waals surface area contributed by atoms with Crippen LogP contribution >= 0.6 is 23.2 Å². The van der Waals surface area contributed by atoms with E-state index in [1.165, 1.54) is 62.5 Å². The van der Waals surface area contributed by atoms with Crippen LogP contribution in [0, 0.1) is 33.5 Å². The van der Waals surface area contributed by atoms with Crippen molar-refractivity contribution in [2.75, 3.05) is 0 Å². The van der Waals surface area contributed by atoms with Gasteiger partial charge in [-0.25, -0.2) is 18.1 Å². The zero-order valence-corrected chi connectivity index (χ0v) is 34.9. The fraction of sp³-hybridized carbons (Fsp3) is 0.340. The van der Waals surface area contributed by atoms with Crippen LogP contribution in [-0.2, 0) is 30.7 Å². The first-order valence-electron chi connectivity index (χ1n) is 18.0. The van der Waals surface area contributed by atoms with E-state index in [4.69, 9.17) is 23.2 Å². The summed E-state index contributed by atoms with van der Waals surface area (Å²) in [7, 11) is 0. The van der Waals surface area contributed by atoms with E-state index in [2.05, 4.69) is 91.8 Å². The van der Waals surface area contributed by atoms with Crippen LogP contribution in [0.5, 0.6) is 0 Å². The van der Waals surface area contributed by atoms with Crippen molar-refractivity contribution in [2.24, 2.45) is 27.6 Å². The van der Waals surface area contributed by atoms with E-state index in [9.17, 15) is 0 Å². The predicted molar refractivity (Wildman–Crippen MR) is 212 cm³/mol. The molecule has 1 fully saturated rings. The first-order valence-corrected chi connectivity index (χ1v) is 20.0. The summed E-state index contributed by atoms with van der Waals surface area (Å²) in [6, 6.07) is 35.0. The van der Waals surface area contributed by atoms with E-state index in [-0.39, 0.29) is 21.7 Å². The van der Waals surface area contributed by atoms with Gasteiger partial charge in [0.25, 0.3) is 0 Å². The van der Waals surface area contributed by atoms with Crippen molar-refractivity contribution in [3.8, 4) is 0 Å². The fourth-order valence-electron chi connectivity index (χ4n) is 9.29. The molecule has 4 aliphatic rings. The molecule has 0 radical (unpaired) electrons. The molecule has 0 bridgehead atoms. The van der Waals surface area contributed by atoms with Gasteiger partial charge in [0.2, 0.25) is 0 Å². The summed E-state index contributed by atoms with van der Waals surface area (Å²) in [5, 5.41) is 1.53. The van der Waals surface area contributed by atoms with Crippen molar-refractivity contribution >= 4 is 32.0 Å². The second-order valence-electron chi connectivity index (χ2n) is 16.1. The molecule has 4 aliphatic carbocycles. The summed E-state index contributed by atoms with van der Waals surface area (Å²) >= 11 is 13.1. The minimum atomic E-state index is 0.164. The summed E-state index contributed by atoms with van der Waals surface area (Å²) < 4.78 is 1.31. The van der Waals surface area contributed by atoms with Gasteiger partial charge in [-0.1, -0.05) is 113 Å². The van der Waals surface area contributed by atoms with Crippen LogP contribution < -0.4 is 0 Å². The maximum atomic E-state index is 5.86. The van der Waals surface area contributed by atoms with Gasteiger partial charge in [0.1, 0.15) is 0 Å². The van der Waals surface area contributed by atoms with E-state index in [1.807, 2.05) is 78.9 Å². The van der Waals surface area contributed by atoms with Gasteiger partial charge in [-0.05, 0) is 40.6 Å². The molecular formula is C47H50Cl2Zr. The Bertz CT molecular complexity index is 1880. The van der Waals surface area contributed by atoms with Crippen LogP contribution in [-0.4, -0.2) is 3.21 Å². The average Bonchev–Trinajstić information content (AvgIpc) is 3.81. The molecule has 8 rings (SSSR count). The Labute approximate surface area is 326 Å². The Morgan fingerprint density at radius 3 is 1.86 bits per heavy atom. The zero-order chi connectivity index (χ0) is 36.1. The molecule has 0 nitrogen and oxygen atoms in total. The van der Waals surface area contributed by atoms with Crippen LogP contribution in [0.25, 0.3) is 5.57 Å². The minimum absolute atomic E-state index is 0.164. The SMILES string of the molecule is C[C-]1C2=C3Cc4ccccc4C3=C3C=CCCC3C2(C)C(C)(C)C(C)(C)C1(C)C.Clc1ccc([C](=[Zr+2])c2ccc(Cl)cc2)cc1.c1cc[cH-]c1. The number of allylic oxidation sites excluding steroid dienone is 6. The predicted octanol–water partition coefficient (Wildman–Crippen LogP) is 13.5. The molecule has 0 aromatic heterocycles. The Morgan fingerprint density at radius 2 is 1.32 bits per heavy atom. The summed E-state index contributed by atoms with van der Waals surface area (Å²) in [6.45, 7) is 20.3. The number of rotatable bonds is 2. The van der Waals surface area contributed by atoms with Gasteiger partial charge in [-0.2, -0.15) is 29.3 Å². The van der Waals surface area contributed by atoms with Crippen molar-refractivity contribution < 1.29 is 24.2 Å². The molecular weight excluding hydrogens is 727 g/mol. The van der Waals surface area contributed by atoms with Crippen LogP contribution in [0.2, 0.25) is 10.0 Å². The number of hydrogen-bond acceptors (Lipinski definition) is 0. The van der Waals surface area contributed by atoms with E-state index >= 15 is 0 Å². The van der Waals surface area contributed by atoms with Gasteiger partial charge in [-0.3, -0.25) is 0 Å². The largest absolute Gasteiger partial charge is 0.214 e. The van der Waals surface area contributed by atoms with Crippen molar-refractivity contribution in [3.05, 3.63) is 170 Å². The van der Waals surface area contributed by atoms with Gasteiger partial charge in [0, 0.05) is 0 Å². The third-order valence-corrected chi connectivity index (χ3v) is 15.5. The number of benzene rings is 3. The summed E-state index contributed by atoms with van der Waals surface area (Å²) in [5.74, 6) is 2.24. The van der Waals surface area contributed by atoms with Gasteiger partial charge >= 0.3 is 120 Å². The molecule has 4 aromatic rings. The molecule has 0 aliphatic heterocycles. The van der Waals surface area contributed by atoms with Crippen molar-refractivity contribution in [1.82, 2.24) is 0 Å². The van der Waals surface area contributed by atoms with Crippen LogP contribution in [0.4, 0.5) is 0 Å². The van der Waals surface area contributed by atoms with Gasteiger partial charge in [0.05, 0.1) is 0 Å². The van der Waals surface area contributed by atoms with E-state index in [1.54, 1.807) is 28.2 Å². The maximum absolute atomic E-state index is 5.86. The zero-order valence-electron chi connectivity index (χ0n) is 30.9. The van der Waals surface area contributed by atoms with Crippen LogP contribution in [0.1, 0.15) is 90.5 Å². The van der Waals surface area contributed by atoms with Gasteiger partial charge < -0.3 is 0 Å². The standard InChI is InChI=1S/C29H37.C13H8Cl2.C5H5.Zr/c1-18-25-22-17-19-13-9-10-14-20(19)24(22)21-15-11-12-16-23(21)29(25,8)28(6,7)27(4,5)26(18,2)3;14-12-5-1-10(2-6-12)9-11-3-7-13(15)8-4-11;1-2-4-5-3-1;/h9-11,13-15,23H,12,16-17H2,1-8H3;1-8H;1-5H;/q-1;;-1;+2. The Morgan fingerprint density at radius 1 is 0.760 bits per heavy atom. The first kappa shape index (κ1) is 37.2. The monoisotopic (exact) mass is 774 g/mol. The quantitative estimate of drug-likeness (QED) is 0.178. The molecule has 0 saturated heterocycles. The Kier molecular flexibility index (Phi) is 10.5. The Balaban J connectivity index is 0.000000171. The molecule has 2 atom stereocenters. The topological polar surface area (TPSA) is 0 Å². The second kappa shape index (κ2) is 14.1. The first-order chi connectivity index (χ1) is 23.6. The average molecular weight is 777 g/mol. The molecule has 4 aromatic carbocycles. The summed E-state index contributed by atoms with van der Waals surface area (Å²) in [5.41, 5.74) is 12.7. The number of hydrogen-bond donors (Lipinski definition) is 0. The van der Waals surface area contributed by atoms with Crippen molar-refractivity contribution in [3.63, 3.8) is 0 Å². The third-order valence-electron chi connectivity index (χ3n) is 13.6. The molecule has 256 valence electrons. The van der Waals surface area contributed by atoms with Crippen molar-refractivity contribution in [1.29, 1.82) is 0 Å². The molecule has 0 amide bonds.